The van der Waals surface area contributed by atoms with Gasteiger partial charge in [-0.25, -0.2) is 0 Å². The van der Waals surface area contributed by atoms with Crippen LogP contribution in [0.3, 0.4) is 0 Å². The van der Waals surface area contributed by atoms with E-state index in [-0.39, 0.29) is 6.29 Å². The first-order valence-corrected chi connectivity index (χ1v) is 4.01. The van der Waals surface area contributed by atoms with E-state index in [1.165, 1.54) is 19.3 Å². The number of rotatable bonds is 2. The van der Waals surface area contributed by atoms with Crippen molar-refractivity contribution in [2.24, 2.45) is 5.73 Å². The summed E-state index contributed by atoms with van der Waals surface area (Å²) in [5.41, 5.74) is 5.76. The second-order valence-electron chi connectivity index (χ2n) is 2.83. The molecule has 0 saturated carbocycles. The molecule has 1 saturated heterocycles. The van der Waals surface area contributed by atoms with E-state index < -0.39 is 0 Å². The standard InChI is InChI=1S/C7H17N3/c1-9-7(8)10-5-3-2-4-6-10/h7,9H,2-6,8H2,1H3. The maximum atomic E-state index is 5.76. The van der Waals surface area contributed by atoms with Crippen LogP contribution in [-0.4, -0.2) is 31.3 Å². The molecule has 0 bridgehead atoms. The van der Waals surface area contributed by atoms with E-state index in [1.54, 1.807) is 0 Å². The molecule has 1 rings (SSSR count). The number of hydrogen-bond acceptors (Lipinski definition) is 3. The lowest BCUT2D eigenvalue weighted by molar-refractivity contribution is 0.147. The molecule has 0 aromatic rings. The van der Waals surface area contributed by atoms with Crippen LogP contribution in [0.2, 0.25) is 0 Å². The number of nitrogens with zero attached hydrogens (tertiary/aromatic N) is 1. The van der Waals surface area contributed by atoms with Gasteiger partial charge in [-0.2, -0.15) is 0 Å². The molecule has 1 heterocycles. The summed E-state index contributed by atoms with van der Waals surface area (Å²) in [5.74, 6) is 0. The highest BCUT2D eigenvalue weighted by molar-refractivity contribution is 4.67. The third kappa shape index (κ3) is 1.94. The normalized spacial score (nSPS) is 24.6. The van der Waals surface area contributed by atoms with Crippen molar-refractivity contribution in [2.75, 3.05) is 20.1 Å². The van der Waals surface area contributed by atoms with E-state index >= 15 is 0 Å². The van der Waals surface area contributed by atoms with Crippen LogP contribution < -0.4 is 11.1 Å². The zero-order valence-electron chi connectivity index (χ0n) is 6.64. The van der Waals surface area contributed by atoms with E-state index in [0.717, 1.165) is 13.1 Å². The summed E-state index contributed by atoms with van der Waals surface area (Å²) in [6.07, 6.45) is 4.04. The highest BCUT2D eigenvalue weighted by atomic mass is 15.3. The minimum absolute atomic E-state index is 0.0697. The summed E-state index contributed by atoms with van der Waals surface area (Å²) in [5, 5.41) is 3.04. The summed E-state index contributed by atoms with van der Waals surface area (Å²) < 4.78 is 0. The van der Waals surface area contributed by atoms with Crippen molar-refractivity contribution in [3.63, 3.8) is 0 Å². The van der Waals surface area contributed by atoms with E-state index in [2.05, 4.69) is 10.2 Å². The van der Waals surface area contributed by atoms with Crippen LogP contribution in [0.4, 0.5) is 0 Å². The third-order valence-corrected chi connectivity index (χ3v) is 2.08. The van der Waals surface area contributed by atoms with Gasteiger partial charge < -0.3 is 5.73 Å². The van der Waals surface area contributed by atoms with Crippen molar-refractivity contribution in [2.45, 2.75) is 25.6 Å². The first-order valence-electron chi connectivity index (χ1n) is 4.01. The molecular formula is C7H17N3. The highest BCUT2D eigenvalue weighted by Crippen LogP contribution is 2.08. The number of piperidine rings is 1. The molecule has 1 atom stereocenters. The molecule has 1 aliphatic rings. The van der Waals surface area contributed by atoms with Crippen LogP contribution >= 0.6 is 0 Å². The minimum Gasteiger partial charge on any atom is -0.303 e. The molecule has 3 nitrogen and oxygen atoms in total. The van der Waals surface area contributed by atoms with E-state index in [4.69, 9.17) is 5.73 Å². The highest BCUT2D eigenvalue weighted by Gasteiger charge is 2.14. The number of hydrogen-bond donors (Lipinski definition) is 2. The molecular weight excluding hydrogens is 126 g/mol. The molecule has 1 unspecified atom stereocenters. The Labute approximate surface area is 62.6 Å². The monoisotopic (exact) mass is 143 g/mol. The van der Waals surface area contributed by atoms with Gasteiger partial charge in [-0.15, -0.1) is 0 Å². The Morgan fingerprint density at radius 3 is 2.40 bits per heavy atom. The van der Waals surface area contributed by atoms with Gasteiger partial charge in [0.05, 0.1) is 0 Å². The molecule has 0 aromatic heterocycles. The largest absolute Gasteiger partial charge is 0.303 e. The van der Waals surface area contributed by atoms with Crippen molar-refractivity contribution in [3.05, 3.63) is 0 Å². The fourth-order valence-electron chi connectivity index (χ4n) is 1.38. The molecule has 1 aliphatic heterocycles. The lowest BCUT2D eigenvalue weighted by atomic mass is 10.1. The lowest BCUT2D eigenvalue weighted by Crippen LogP contribution is -2.52. The van der Waals surface area contributed by atoms with Crippen LogP contribution in [-0.2, 0) is 0 Å². The zero-order valence-corrected chi connectivity index (χ0v) is 6.64. The van der Waals surface area contributed by atoms with Crippen molar-refractivity contribution in [3.8, 4) is 0 Å². The second kappa shape index (κ2) is 3.91. The van der Waals surface area contributed by atoms with Crippen LogP contribution in [0.5, 0.6) is 0 Å². The predicted molar refractivity (Wildman–Crippen MR) is 42.5 cm³/mol. The predicted octanol–water partition coefficient (Wildman–Crippen LogP) is -0.0660. The smallest absolute Gasteiger partial charge is 0.111 e. The molecule has 0 aromatic carbocycles. The Kier molecular flexibility index (Phi) is 3.12. The van der Waals surface area contributed by atoms with Gasteiger partial charge in [0.2, 0.25) is 0 Å². The summed E-state index contributed by atoms with van der Waals surface area (Å²) >= 11 is 0. The molecule has 1 fully saturated rings. The first kappa shape index (κ1) is 7.98. The molecule has 3 N–H and O–H groups in total. The Hall–Kier alpha value is -0.120. The fraction of sp³-hybridized carbons (Fsp3) is 1.00. The molecule has 3 heteroatoms. The van der Waals surface area contributed by atoms with E-state index in [1.807, 2.05) is 7.05 Å². The van der Waals surface area contributed by atoms with Gasteiger partial charge in [-0.1, -0.05) is 6.42 Å². The molecule has 0 spiro atoms. The minimum atomic E-state index is 0.0697. The molecule has 60 valence electrons. The van der Waals surface area contributed by atoms with Crippen LogP contribution in [0.1, 0.15) is 19.3 Å². The topological polar surface area (TPSA) is 41.3 Å². The van der Waals surface area contributed by atoms with Gasteiger partial charge in [-0.3, -0.25) is 10.2 Å². The van der Waals surface area contributed by atoms with Crippen molar-refractivity contribution < 1.29 is 0 Å². The van der Waals surface area contributed by atoms with Gasteiger partial charge in [0.15, 0.2) is 0 Å². The number of nitrogens with two attached hydrogens (primary N) is 1. The average molecular weight is 143 g/mol. The Morgan fingerprint density at radius 2 is 1.90 bits per heavy atom. The molecule has 0 radical (unpaired) electrons. The van der Waals surface area contributed by atoms with Crippen LogP contribution in [0, 0.1) is 0 Å². The van der Waals surface area contributed by atoms with Crippen molar-refractivity contribution in [1.29, 1.82) is 0 Å². The third-order valence-electron chi connectivity index (χ3n) is 2.08. The average Bonchev–Trinajstić information content (AvgIpc) is 2.05. The van der Waals surface area contributed by atoms with Gasteiger partial charge in [0.25, 0.3) is 0 Å². The maximum Gasteiger partial charge on any atom is 0.111 e. The van der Waals surface area contributed by atoms with Gasteiger partial charge >= 0.3 is 0 Å². The van der Waals surface area contributed by atoms with Crippen molar-refractivity contribution in [1.82, 2.24) is 10.2 Å². The molecule has 0 amide bonds. The number of likely N-dealkylation sites (tertiary alicyclic amines) is 1. The van der Waals surface area contributed by atoms with Crippen LogP contribution in [0.25, 0.3) is 0 Å². The molecule has 0 aliphatic carbocycles. The quantitative estimate of drug-likeness (QED) is 0.532. The van der Waals surface area contributed by atoms with Crippen LogP contribution in [0.15, 0.2) is 0 Å². The lowest BCUT2D eigenvalue weighted by Gasteiger charge is -2.31. The maximum absolute atomic E-state index is 5.76. The van der Waals surface area contributed by atoms with Gasteiger partial charge in [0, 0.05) is 13.1 Å². The van der Waals surface area contributed by atoms with E-state index in [9.17, 15) is 0 Å². The summed E-state index contributed by atoms with van der Waals surface area (Å²) in [6, 6.07) is 0. The SMILES string of the molecule is CNC(N)N1CCCCC1. The summed E-state index contributed by atoms with van der Waals surface area (Å²) in [7, 11) is 1.90. The summed E-state index contributed by atoms with van der Waals surface area (Å²) in [6.45, 7) is 2.31. The fourth-order valence-corrected chi connectivity index (χ4v) is 1.38. The number of nitrogens with one attached hydrogen (secondary N) is 1. The second-order valence-corrected chi connectivity index (χ2v) is 2.83. The zero-order chi connectivity index (χ0) is 7.40. The Bertz CT molecular complexity index is 88.9. The Balaban J connectivity index is 2.24. The summed E-state index contributed by atoms with van der Waals surface area (Å²) in [4.78, 5) is 2.28. The molecule has 10 heavy (non-hydrogen) atoms. The van der Waals surface area contributed by atoms with Gasteiger partial charge in [0.1, 0.15) is 6.29 Å². The first-order chi connectivity index (χ1) is 4.84. The Morgan fingerprint density at radius 1 is 1.30 bits per heavy atom. The van der Waals surface area contributed by atoms with E-state index in [0.29, 0.717) is 0 Å². The van der Waals surface area contributed by atoms with Gasteiger partial charge in [-0.05, 0) is 19.9 Å². The van der Waals surface area contributed by atoms with Crippen molar-refractivity contribution >= 4 is 0 Å².